The number of hydrogen-bond acceptors (Lipinski definition) is 2. The highest BCUT2D eigenvalue weighted by Crippen LogP contribution is 2.20. The minimum atomic E-state index is 1.02. The van der Waals surface area contributed by atoms with E-state index in [0.29, 0.717) is 0 Å². The van der Waals surface area contributed by atoms with Crippen LogP contribution in [-0.2, 0) is 0 Å². The molecular weight excluding hydrogens is 178 g/mol. The summed E-state index contributed by atoms with van der Waals surface area (Å²) in [7, 11) is 0. The van der Waals surface area contributed by atoms with Crippen LogP contribution in [0.1, 0.15) is 19.8 Å². The number of rotatable bonds is 6. The third kappa shape index (κ3) is 4.76. The van der Waals surface area contributed by atoms with Crippen molar-refractivity contribution < 1.29 is 0 Å². The third-order valence-corrected chi connectivity index (χ3v) is 2.26. The zero-order valence-electron chi connectivity index (χ0n) is 8.12. The molecule has 0 fully saturated rings. The average molecular weight is 195 g/mol. The molecule has 1 nitrogen and oxygen atoms in total. The average Bonchev–Trinajstić information content (AvgIpc) is 2.16. The van der Waals surface area contributed by atoms with Gasteiger partial charge in [-0.15, -0.1) is 0 Å². The lowest BCUT2D eigenvalue weighted by molar-refractivity contribution is 0.925. The topological polar surface area (TPSA) is 26.0 Å². The summed E-state index contributed by atoms with van der Waals surface area (Å²) in [6, 6.07) is 0. The van der Waals surface area contributed by atoms with Crippen LogP contribution in [0.15, 0.2) is 47.9 Å². The van der Waals surface area contributed by atoms with Crippen molar-refractivity contribution in [3.8, 4) is 0 Å². The van der Waals surface area contributed by atoms with Crippen molar-refractivity contribution in [1.82, 2.24) is 0 Å². The molecule has 0 spiro atoms. The molecule has 0 aromatic rings. The van der Waals surface area contributed by atoms with E-state index in [2.05, 4.69) is 20.1 Å². The summed E-state index contributed by atoms with van der Waals surface area (Å²) < 4.78 is 0. The van der Waals surface area contributed by atoms with E-state index in [-0.39, 0.29) is 0 Å². The van der Waals surface area contributed by atoms with Crippen molar-refractivity contribution in [3.63, 3.8) is 0 Å². The molecule has 0 aromatic carbocycles. The maximum Gasteiger partial charge on any atom is 0.0252 e. The smallest absolute Gasteiger partial charge is 0.0252 e. The highest BCUT2D eigenvalue weighted by atomic mass is 32.2. The highest BCUT2D eigenvalue weighted by Gasteiger charge is 1.98. The summed E-state index contributed by atoms with van der Waals surface area (Å²) in [5.41, 5.74) is 1.23. The van der Waals surface area contributed by atoms with Crippen LogP contribution in [0.2, 0.25) is 0 Å². The highest BCUT2D eigenvalue weighted by molar-refractivity contribution is 8.01. The Labute approximate surface area is 85.2 Å². The first kappa shape index (κ1) is 12.3. The van der Waals surface area contributed by atoms with Crippen molar-refractivity contribution in [1.29, 1.82) is 0 Å². The van der Waals surface area contributed by atoms with Crippen molar-refractivity contribution in [2.24, 2.45) is 5.14 Å². The maximum atomic E-state index is 5.51. The molecule has 0 saturated carbocycles. The minimum absolute atomic E-state index is 1.02. The zero-order chi connectivity index (χ0) is 10.1. The standard InChI is InChI=1S/C11H17NS/c1-4-7-9-10(8-5-2)11(6-3)13-12/h4,6-7,9H,1,3,5,8,12H2,2H3/b9-7-,11-10+. The van der Waals surface area contributed by atoms with E-state index < -0.39 is 0 Å². The van der Waals surface area contributed by atoms with Gasteiger partial charge in [0.2, 0.25) is 0 Å². The molecule has 72 valence electrons. The van der Waals surface area contributed by atoms with Gasteiger partial charge in [0.1, 0.15) is 0 Å². The summed E-state index contributed by atoms with van der Waals surface area (Å²) in [5.74, 6) is 0. The molecule has 0 saturated heterocycles. The van der Waals surface area contributed by atoms with Crippen molar-refractivity contribution in [3.05, 3.63) is 47.9 Å². The zero-order valence-corrected chi connectivity index (χ0v) is 8.94. The van der Waals surface area contributed by atoms with Crippen LogP contribution in [0.4, 0.5) is 0 Å². The largest absolute Gasteiger partial charge is 0.274 e. The molecule has 0 amide bonds. The molecule has 0 bridgehead atoms. The van der Waals surface area contributed by atoms with Crippen molar-refractivity contribution in [2.45, 2.75) is 19.8 Å². The second kappa shape index (κ2) is 7.90. The first-order valence-electron chi connectivity index (χ1n) is 4.31. The predicted octanol–water partition coefficient (Wildman–Crippen LogP) is 3.58. The van der Waals surface area contributed by atoms with E-state index in [4.69, 9.17) is 5.14 Å². The molecule has 0 aliphatic carbocycles. The Morgan fingerprint density at radius 3 is 2.54 bits per heavy atom. The Morgan fingerprint density at radius 2 is 2.15 bits per heavy atom. The molecule has 0 rings (SSSR count). The second-order valence-electron chi connectivity index (χ2n) is 2.56. The molecule has 2 heteroatoms. The molecule has 0 aromatic heterocycles. The fraction of sp³-hybridized carbons (Fsp3) is 0.273. The summed E-state index contributed by atoms with van der Waals surface area (Å²) in [5, 5.41) is 5.51. The molecular formula is C11H17NS. The fourth-order valence-corrected chi connectivity index (χ4v) is 1.41. The van der Waals surface area contributed by atoms with Crippen LogP contribution >= 0.6 is 11.9 Å². The summed E-state index contributed by atoms with van der Waals surface area (Å²) >= 11 is 1.24. The molecule has 0 atom stereocenters. The van der Waals surface area contributed by atoms with Gasteiger partial charge >= 0.3 is 0 Å². The molecule has 2 N–H and O–H groups in total. The van der Waals surface area contributed by atoms with Crippen molar-refractivity contribution in [2.75, 3.05) is 0 Å². The van der Waals surface area contributed by atoms with Crippen molar-refractivity contribution >= 4 is 11.9 Å². The predicted molar refractivity (Wildman–Crippen MR) is 63.2 cm³/mol. The van der Waals surface area contributed by atoms with E-state index in [0.717, 1.165) is 17.7 Å². The molecule has 0 aliphatic heterocycles. The molecule has 13 heavy (non-hydrogen) atoms. The van der Waals surface area contributed by atoms with Crippen LogP contribution in [0.25, 0.3) is 0 Å². The van der Waals surface area contributed by atoms with E-state index in [1.54, 1.807) is 12.2 Å². The van der Waals surface area contributed by atoms with E-state index in [1.807, 2.05) is 12.2 Å². The lowest BCUT2D eigenvalue weighted by Crippen LogP contribution is -1.87. The summed E-state index contributed by atoms with van der Waals surface area (Å²) in [6.45, 7) is 9.50. The quantitative estimate of drug-likeness (QED) is 0.518. The molecule has 0 unspecified atom stereocenters. The van der Waals surface area contributed by atoms with E-state index in [1.165, 1.54) is 17.5 Å². The molecule has 0 radical (unpaired) electrons. The van der Waals surface area contributed by atoms with Crippen LogP contribution < -0.4 is 5.14 Å². The minimum Gasteiger partial charge on any atom is -0.274 e. The molecule has 0 aliphatic rings. The van der Waals surface area contributed by atoms with Gasteiger partial charge in [-0.05, 0) is 23.9 Å². The number of hydrogen-bond donors (Lipinski definition) is 1. The van der Waals surface area contributed by atoms with Gasteiger partial charge in [-0.25, -0.2) is 0 Å². The van der Waals surface area contributed by atoms with Gasteiger partial charge in [-0.1, -0.05) is 50.8 Å². The summed E-state index contributed by atoms with van der Waals surface area (Å²) in [4.78, 5) is 1.04. The van der Waals surface area contributed by atoms with Gasteiger partial charge in [0.05, 0.1) is 0 Å². The van der Waals surface area contributed by atoms with Crippen LogP contribution in [0.3, 0.4) is 0 Å². The lowest BCUT2D eigenvalue weighted by Gasteiger charge is -2.04. The Balaban J connectivity index is 4.71. The van der Waals surface area contributed by atoms with Gasteiger partial charge in [0, 0.05) is 4.91 Å². The number of nitrogens with two attached hydrogens (primary N) is 1. The van der Waals surface area contributed by atoms with Crippen LogP contribution in [-0.4, -0.2) is 0 Å². The second-order valence-corrected chi connectivity index (χ2v) is 3.23. The molecule has 0 heterocycles. The normalized spacial score (nSPS) is 12.8. The van der Waals surface area contributed by atoms with Gasteiger partial charge < -0.3 is 0 Å². The van der Waals surface area contributed by atoms with Gasteiger partial charge in [-0.3, -0.25) is 5.14 Å². The van der Waals surface area contributed by atoms with Gasteiger partial charge in [-0.2, -0.15) is 0 Å². The maximum absolute atomic E-state index is 5.51. The third-order valence-electron chi connectivity index (χ3n) is 1.58. The lowest BCUT2D eigenvalue weighted by atomic mass is 10.1. The first-order chi connectivity index (χ1) is 6.29. The first-order valence-corrected chi connectivity index (χ1v) is 5.19. The monoisotopic (exact) mass is 195 g/mol. The fourth-order valence-electron chi connectivity index (χ4n) is 0.997. The van der Waals surface area contributed by atoms with Crippen LogP contribution in [0.5, 0.6) is 0 Å². The Bertz CT molecular complexity index is 226. The number of allylic oxidation sites excluding steroid dienone is 5. The van der Waals surface area contributed by atoms with Gasteiger partial charge in [0.25, 0.3) is 0 Å². The summed E-state index contributed by atoms with van der Waals surface area (Å²) in [6.07, 6.45) is 9.64. The Morgan fingerprint density at radius 1 is 1.46 bits per heavy atom. The van der Waals surface area contributed by atoms with Crippen LogP contribution in [0, 0.1) is 0 Å². The van der Waals surface area contributed by atoms with E-state index in [9.17, 15) is 0 Å². The Hall–Kier alpha value is -0.730. The Kier molecular flexibility index (Phi) is 7.45. The van der Waals surface area contributed by atoms with Gasteiger partial charge in [0.15, 0.2) is 0 Å². The van der Waals surface area contributed by atoms with E-state index >= 15 is 0 Å². The SMILES string of the molecule is C=C/C=C\C(CCC)=C(/C=C)SN.